The number of aromatic nitrogens is 1. The van der Waals surface area contributed by atoms with Crippen LogP contribution in [0.2, 0.25) is 0 Å². The topological polar surface area (TPSA) is 170 Å². The number of aliphatic hydroxyl groups is 1. The van der Waals surface area contributed by atoms with Gasteiger partial charge in [0.15, 0.2) is 0 Å². The van der Waals surface area contributed by atoms with Gasteiger partial charge in [-0.05, 0) is 49.9 Å². The second kappa shape index (κ2) is 12.6. The van der Waals surface area contributed by atoms with Crippen LogP contribution in [-0.2, 0) is 31.3 Å². The van der Waals surface area contributed by atoms with E-state index in [4.69, 9.17) is 14.6 Å². The van der Waals surface area contributed by atoms with E-state index in [0.717, 1.165) is 11.9 Å². The number of hydrogen-bond acceptors (Lipinski definition) is 9. The van der Waals surface area contributed by atoms with Gasteiger partial charge in [0.1, 0.15) is 23.4 Å². The van der Waals surface area contributed by atoms with Crippen molar-refractivity contribution in [3.05, 3.63) is 65.0 Å². The molecule has 2 aliphatic rings. The molecular weight excluding hydrogens is 596 g/mol. The highest BCUT2D eigenvalue weighted by Crippen LogP contribution is 2.37. The molecule has 0 unspecified atom stereocenters. The van der Waals surface area contributed by atoms with E-state index in [1.807, 2.05) is 23.6 Å². The van der Waals surface area contributed by atoms with E-state index in [0.29, 0.717) is 37.8 Å². The Morgan fingerprint density at radius 2 is 1.88 bits per heavy atom. The summed E-state index contributed by atoms with van der Waals surface area (Å²) >= 11 is 0. The average molecular weight is 635 g/mol. The van der Waals surface area contributed by atoms with E-state index in [1.54, 1.807) is 18.2 Å². The lowest BCUT2D eigenvalue weighted by atomic mass is 9.88. The van der Waals surface area contributed by atoms with Gasteiger partial charge in [-0.15, -0.1) is 0 Å². The Labute approximate surface area is 251 Å². The average Bonchev–Trinajstić information content (AvgIpc) is 3.38. The first-order valence-electron chi connectivity index (χ1n) is 14.4. The molecule has 5 rings (SSSR count). The standard InChI is InChI=1S/C29H38N4O8S2/c1-2-12-32-18-27(28(35)25-8-3-4-9-26(25)32)43(38,39)33-13-10-29(11-14-33)16-21(19-41-29)31-17-22(34)20-40-23-6-5-7-24(15-23)42(30,36)37/h3-9,15,18,21-22,31,34H,2,10-14,16-17,19-20H2,1H3,(H2,30,36,37)/t21-,22+/m1/s1. The maximum Gasteiger partial charge on any atom is 0.248 e. The van der Waals surface area contributed by atoms with E-state index in [9.17, 15) is 26.7 Å². The number of fused-ring (bicyclic) bond motifs is 1. The first-order valence-corrected chi connectivity index (χ1v) is 17.3. The summed E-state index contributed by atoms with van der Waals surface area (Å²) in [5.74, 6) is 0.281. The van der Waals surface area contributed by atoms with E-state index < -0.39 is 37.2 Å². The van der Waals surface area contributed by atoms with E-state index in [1.165, 1.54) is 28.7 Å². The van der Waals surface area contributed by atoms with Crippen LogP contribution < -0.4 is 20.6 Å². The normalized spacial score (nSPS) is 20.0. The summed E-state index contributed by atoms with van der Waals surface area (Å²) in [6, 6.07) is 12.8. The number of ether oxygens (including phenoxy) is 2. The quantitative estimate of drug-likeness (QED) is 0.282. The van der Waals surface area contributed by atoms with Crippen molar-refractivity contribution in [1.82, 2.24) is 14.2 Å². The number of primary sulfonamides is 1. The summed E-state index contributed by atoms with van der Waals surface area (Å²) in [7, 11) is -7.86. The van der Waals surface area contributed by atoms with Crippen LogP contribution in [0, 0.1) is 0 Å². The van der Waals surface area contributed by atoms with Crippen molar-refractivity contribution in [2.45, 2.75) is 66.7 Å². The Bertz CT molecular complexity index is 1730. The van der Waals surface area contributed by atoms with Crippen molar-refractivity contribution < 1.29 is 31.4 Å². The summed E-state index contributed by atoms with van der Waals surface area (Å²) in [5, 5.41) is 19.2. The number of nitrogens with zero attached hydrogens (tertiary/aromatic N) is 2. The Balaban J connectivity index is 1.15. The van der Waals surface area contributed by atoms with Gasteiger partial charge in [-0.1, -0.05) is 25.1 Å². The maximum atomic E-state index is 13.7. The Hall–Kier alpha value is -2.85. The van der Waals surface area contributed by atoms with E-state index >= 15 is 0 Å². The molecule has 1 spiro atoms. The number of aliphatic hydroxyl groups excluding tert-OH is 1. The number of piperidine rings is 1. The predicted octanol–water partition coefficient (Wildman–Crippen LogP) is 1.40. The summed E-state index contributed by atoms with van der Waals surface area (Å²) < 4.78 is 65.3. The number of aryl methyl sites for hydroxylation is 1. The van der Waals surface area contributed by atoms with Crippen molar-refractivity contribution in [2.75, 3.05) is 32.8 Å². The number of rotatable bonds is 11. The fourth-order valence-electron chi connectivity index (χ4n) is 5.82. The van der Waals surface area contributed by atoms with Crippen LogP contribution in [0.3, 0.4) is 0 Å². The fourth-order valence-corrected chi connectivity index (χ4v) is 7.92. The molecule has 2 fully saturated rings. The van der Waals surface area contributed by atoms with E-state index in [-0.39, 0.29) is 47.8 Å². The van der Waals surface area contributed by atoms with Crippen LogP contribution in [-0.4, -0.2) is 81.4 Å². The minimum atomic E-state index is -4.00. The lowest BCUT2D eigenvalue weighted by Gasteiger charge is -2.38. The van der Waals surface area contributed by atoms with Crippen molar-refractivity contribution in [3.8, 4) is 5.75 Å². The third-order valence-corrected chi connectivity index (χ3v) is 10.9. The molecule has 4 N–H and O–H groups in total. The van der Waals surface area contributed by atoms with Crippen molar-refractivity contribution in [3.63, 3.8) is 0 Å². The zero-order valence-corrected chi connectivity index (χ0v) is 25.6. The highest BCUT2D eigenvalue weighted by molar-refractivity contribution is 7.89. The predicted molar refractivity (Wildman–Crippen MR) is 161 cm³/mol. The molecule has 12 nitrogen and oxygen atoms in total. The third-order valence-electron chi connectivity index (χ3n) is 8.10. The number of pyridine rings is 1. The molecule has 0 radical (unpaired) electrons. The number of para-hydroxylation sites is 1. The second-order valence-electron chi connectivity index (χ2n) is 11.2. The largest absolute Gasteiger partial charge is 0.491 e. The molecule has 2 aliphatic heterocycles. The molecular formula is C29H38N4O8S2. The maximum absolute atomic E-state index is 13.7. The fraction of sp³-hybridized carbons (Fsp3) is 0.483. The van der Waals surface area contributed by atoms with Crippen molar-refractivity contribution >= 4 is 30.9 Å². The monoisotopic (exact) mass is 634 g/mol. The molecule has 3 aromatic rings. The highest BCUT2D eigenvalue weighted by Gasteiger charge is 2.45. The van der Waals surface area contributed by atoms with E-state index in [2.05, 4.69) is 5.32 Å². The van der Waals surface area contributed by atoms with Crippen LogP contribution in [0.1, 0.15) is 32.6 Å². The molecule has 0 aliphatic carbocycles. The van der Waals surface area contributed by atoms with Crippen LogP contribution in [0.25, 0.3) is 10.9 Å². The van der Waals surface area contributed by atoms with Gasteiger partial charge >= 0.3 is 0 Å². The van der Waals surface area contributed by atoms with Gasteiger partial charge in [0.05, 0.1) is 22.6 Å². The number of benzene rings is 2. The molecule has 2 atom stereocenters. The van der Waals surface area contributed by atoms with Gasteiger partial charge < -0.3 is 24.5 Å². The second-order valence-corrected chi connectivity index (χ2v) is 14.7. The first kappa shape index (κ1) is 31.6. The molecule has 14 heteroatoms. The Morgan fingerprint density at radius 3 is 2.60 bits per heavy atom. The summed E-state index contributed by atoms with van der Waals surface area (Å²) in [4.78, 5) is 13.0. The zero-order chi connectivity index (χ0) is 30.8. The number of hydrogen-bond donors (Lipinski definition) is 3. The van der Waals surface area contributed by atoms with Crippen LogP contribution in [0.15, 0.2) is 69.3 Å². The van der Waals surface area contributed by atoms with Gasteiger partial charge in [-0.3, -0.25) is 4.79 Å². The molecule has 0 amide bonds. The molecule has 2 aromatic carbocycles. The number of sulfonamides is 2. The highest BCUT2D eigenvalue weighted by atomic mass is 32.2. The lowest BCUT2D eigenvalue weighted by molar-refractivity contribution is -0.0312. The third kappa shape index (κ3) is 6.95. The number of nitrogens with two attached hydrogens (primary N) is 1. The van der Waals surface area contributed by atoms with Crippen molar-refractivity contribution in [2.24, 2.45) is 5.14 Å². The van der Waals surface area contributed by atoms with Crippen LogP contribution in [0.4, 0.5) is 0 Å². The summed E-state index contributed by atoms with van der Waals surface area (Å²) in [6.07, 6.45) is 3.06. The SMILES string of the molecule is CCCn1cc(S(=O)(=O)N2CCC3(CC2)C[C@@H](NC[C@H](O)COc2cccc(S(N)(=O)=O)c2)CO3)c(=O)c2ccccc21. The van der Waals surface area contributed by atoms with Crippen molar-refractivity contribution in [1.29, 1.82) is 0 Å². The summed E-state index contributed by atoms with van der Waals surface area (Å²) in [5.41, 5.74) is -0.244. The molecule has 2 saturated heterocycles. The molecule has 43 heavy (non-hydrogen) atoms. The van der Waals surface area contributed by atoms with Crippen LogP contribution in [0.5, 0.6) is 5.75 Å². The molecule has 0 bridgehead atoms. The molecule has 1 aromatic heterocycles. The number of nitrogens with one attached hydrogen (secondary N) is 1. The van der Waals surface area contributed by atoms with Gasteiger partial charge in [0.2, 0.25) is 25.5 Å². The van der Waals surface area contributed by atoms with Gasteiger partial charge in [-0.2, -0.15) is 4.31 Å². The molecule has 0 saturated carbocycles. The van der Waals surface area contributed by atoms with Gasteiger partial charge in [0, 0.05) is 49.9 Å². The summed E-state index contributed by atoms with van der Waals surface area (Å²) in [6.45, 7) is 3.67. The van der Waals surface area contributed by atoms with Gasteiger partial charge in [-0.25, -0.2) is 22.0 Å². The lowest BCUT2D eigenvalue weighted by Crippen LogP contribution is -2.47. The van der Waals surface area contributed by atoms with Crippen LogP contribution >= 0.6 is 0 Å². The first-order chi connectivity index (χ1) is 20.4. The Morgan fingerprint density at radius 1 is 1.14 bits per heavy atom. The minimum Gasteiger partial charge on any atom is -0.491 e. The molecule has 3 heterocycles. The minimum absolute atomic E-state index is 0.0368. The van der Waals surface area contributed by atoms with Gasteiger partial charge in [0.25, 0.3) is 0 Å². The zero-order valence-electron chi connectivity index (χ0n) is 24.0. The smallest absolute Gasteiger partial charge is 0.248 e. The Kier molecular flexibility index (Phi) is 9.28. The molecule has 234 valence electrons.